The topological polar surface area (TPSA) is 123 Å². The molecular weight excluding hydrogens is 522 g/mol. The maximum Gasteiger partial charge on any atom is 0.335 e. The van der Waals surface area contributed by atoms with Crippen LogP contribution in [0.3, 0.4) is 0 Å². The molecule has 0 spiro atoms. The molecule has 9 nitrogen and oxygen atoms in total. The van der Waals surface area contributed by atoms with Crippen LogP contribution in [0.4, 0.5) is 5.69 Å². The van der Waals surface area contributed by atoms with Gasteiger partial charge in [-0.25, -0.2) is 13.2 Å². The molecule has 0 aromatic heterocycles. The molecule has 0 heterocycles. The molecule has 11 heteroatoms. The van der Waals surface area contributed by atoms with E-state index in [1.165, 1.54) is 37.4 Å². The first-order chi connectivity index (χ1) is 17.6. The fourth-order valence-electron chi connectivity index (χ4n) is 3.44. The minimum Gasteiger partial charge on any atom is -0.497 e. The van der Waals surface area contributed by atoms with Gasteiger partial charge in [0.25, 0.3) is 10.0 Å². The smallest absolute Gasteiger partial charge is 0.335 e. The van der Waals surface area contributed by atoms with Crippen LogP contribution in [0.15, 0.2) is 65.6 Å². The summed E-state index contributed by atoms with van der Waals surface area (Å²) >= 11 is 6.36. The summed E-state index contributed by atoms with van der Waals surface area (Å²) in [4.78, 5) is 12.0. The van der Waals surface area contributed by atoms with E-state index in [2.05, 4.69) is 0 Å². The molecule has 0 fully saturated rings. The third kappa shape index (κ3) is 6.65. The van der Waals surface area contributed by atoms with Gasteiger partial charge in [0.15, 0.2) is 11.5 Å². The number of aliphatic hydroxyl groups is 1. The zero-order chi connectivity index (χ0) is 27.2. The molecule has 37 heavy (non-hydrogen) atoms. The predicted molar refractivity (Wildman–Crippen MR) is 140 cm³/mol. The Kier molecular flexibility index (Phi) is 9.25. The van der Waals surface area contributed by atoms with Crippen molar-refractivity contribution >= 4 is 33.3 Å². The summed E-state index contributed by atoms with van der Waals surface area (Å²) in [6.45, 7) is 3.10. The van der Waals surface area contributed by atoms with Gasteiger partial charge >= 0.3 is 5.97 Å². The monoisotopic (exact) mass is 549 g/mol. The Balaban J connectivity index is 2.33. The Morgan fingerprint density at radius 3 is 2.35 bits per heavy atom. The zero-order valence-electron chi connectivity index (χ0n) is 20.5. The number of methoxy groups -OCH3 is 1. The largest absolute Gasteiger partial charge is 0.497 e. The summed E-state index contributed by atoms with van der Waals surface area (Å²) in [6.07, 6.45) is 0. The van der Waals surface area contributed by atoms with Crippen molar-refractivity contribution < 1.29 is 37.6 Å². The summed E-state index contributed by atoms with van der Waals surface area (Å²) in [5.41, 5.74) is -0.298. The zero-order valence-corrected chi connectivity index (χ0v) is 22.1. The van der Waals surface area contributed by atoms with Crippen LogP contribution in [0, 0.1) is 5.92 Å². The van der Waals surface area contributed by atoms with Gasteiger partial charge in [0, 0.05) is 12.6 Å². The van der Waals surface area contributed by atoms with Gasteiger partial charge in [-0.15, -0.1) is 0 Å². The fourth-order valence-corrected chi connectivity index (χ4v) is 5.24. The lowest BCUT2D eigenvalue weighted by molar-refractivity contribution is 0.0696. The molecule has 0 aliphatic carbocycles. The molecule has 0 radical (unpaired) electrons. The van der Waals surface area contributed by atoms with Crippen molar-refractivity contribution in [3.63, 3.8) is 0 Å². The van der Waals surface area contributed by atoms with Crippen LogP contribution in [0.1, 0.15) is 24.2 Å². The van der Waals surface area contributed by atoms with Gasteiger partial charge in [0.05, 0.1) is 34.9 Å². The number of benzene rings is 3. The average Bonchev–Trinajstić information content (AvgIpc) is 2.88. The number of sulfonamides is 1. The number of halogens is 1. The van der Waals surface area contributed by atoms with Crippen LogP contribution in [0.5, 0.6) is 23.0 Å². The molecule has 0 aliphatic rings. The fraction of sp³-hybridized carbons (Fsp3) is 0.269. The highest BCUT2D eigenvalue weighted by Crippen LogP contribution is 2.46. The predicted octanol–water partition coefficient (Wildman–Crippen LogP) is 5.06. The highest BCUT2D eigenvalue weighted by molar-refractivity contribution is 7.92. The lowest BCUT2D eigenvalue weighted by atomic mass is 10.1. The average molecular weight is 550 g/mol. The van der Waals surface area contributed by atoms with Gasteiger partial charge in [-0.3, -0.25) is 4.31 Å². The molecule has 0 unspecified atom stereocenters. The van der Waals surface area contributed by atoms with Gasteiger partial charge in [-0.05, 0) is 42.3 Å². The maximum absolute atomic E-state index is 13.8. The second-order valence-corrected chi connectivity index (χ2v) is 10.6. The van der Waals surface area contributed by atoms with Crippen LogP contribution in [-0.2, 0) is 10.0 Å². The van der Waals surface area contributed by atoms with Crippen molar-refractivity contribution in [3.05, 3.63) is 71.2 Å². The van der Waals surface area contributed by atoms with Gasteiger partial charge in [-0.2, -0.15) is 0 Å². The van der Waals surface area contributed by atoms with Gasteiger partial charge in [0.2, 0.25) is 0 Å². The molecular formula is C26H28ClNO8S. The summed E-state index contributed by atoms with van der Waals surface area (Å²) in [6, 6.07) is 14.9. The summed E-state index contributed by atoms with van der Waals surface area (Å²) in [5.74, 6) is -1.07. The first-order valence-corrected chi connectivity index (χ1v) is 13.1. The highest BCUT2D eigenvalue weighted by Gasteiger charge is 2.31. The number of nitrogens with zero attached hydrogens (tertiary/aromatic N) is 1. The summed E-state index contributed by atoms with van der Waals surface area (Å²) in [5, 5.41) is 19.3. The molecule has 0 atom stereocenters. The number of hydrogen-bond acceptors (Lipinski definition) is 7. The normalized spacial score (nSPS) is 11.3. The number of carbonyl (C=O) groups is 1. The second-order valence-electron chi connectivity index (χ2n) is 8.34. The van der Waals surface area contributed by atoms with Crippen molar-refractivity contribution in [3.8, 4) is 23.0 Å². The minimum atomic E-state index is -4.17. The third-order valence-corrected chi connectivity index (χ3v) is 7.22. The summed E-state index contributed by atoms with van der Waals surface area (Å²) in [7, 11) is -2.70. The van der Waals surface area contributed by atoms with Crippen molar-refractivity contribution in [2.24, 2.45) is 5.92 Å². The van der Waals surface area contributed by atoms with Crippen LogP contribution < -0.4 is 18.5 Å². The first kappa shape index (κ1) is 28.1. The second kappa shape index (κ2) is 12.2. The van der Waals surface area contributed by atoms with Gasteiger partial charge in [-0.1, -0.05) is 43.6 Å². The van der Waals surface area contributed by atoms with Gasteiger partial charge < -0.3 is 24.4 Å². The number of aliphatic hydroxyl groups excluding tert-OH is 1. The van der Waals surface area contributed by atoms with Crippen LogP contribution in [0.25, 0.3) is 0 Å². The Morgan fingerprint density at radius 2 is 1.76 bits per heavy atom. The standard InChI is InChI=1S/C26H28ClNO8S/c1-17(2)16-28(37(32,33)20-7-5-4-6-8-20)22-13-18(26(30)31)14-24(35-12-11-29)25(22)36-23-15-19(34-3)9-10-21(23)27/h4-10,13-15,17,29H,11-12,16H2,1-3H3,(H,30,31). The van der Waals surface area contributed by atoms with Crippen molar-refractivity contribution in [1.82, 2.24) is 0 Å². The maximum atomic E-state index is 13.8. The first-order valence-electron chi connectivity index (χ1n) is 11.3. The van der Waals surface area contributed by atoms with Crippen LogP contribution in [-0.4, -0.2) is 51.5 Å². The van der Waals surface area contributed by atoms with Crippen molar-refractivity contribution in [1.29, 1.82) is 0 Å². The minimum absolute atomic E-state index is 0.00193. The Bertz CT molecular complexity index is 1350. The molecule has 2 N–H and O–H groups in total. The van der Waals surface area contributed by atoms with Crippen LogP contribution in [0.2, 0.25) is 5.02 Å². The van der Waals surface area contributed by atoms with Crippen LogP contribution >= 0.6 is 11.6 Å². The lowest BCUT2D eigenvalue weighted by Gasteiger charge is -2.29. The molecule has 3 rings (SSSR count). The molecule has 3 aromatic rings. The Labute approximate surface area is 220 Å². The van der Waals surface area contributed by atoms with E-state index in [1.807, 2.05) is 13.8 Å². The molecule has 0 bridgehead atoms. The molecule has 3 aromatic carbocycles. The van der Waals surface area contributed by atoms with E-state index in [-0.39, 0.29) is 64.1 Å². The van der Waals surface area contributed by atoms with E-state index in [4.69, 9.17) is 25.8 Å². The highest BCUT2D eigenvalue weighted by atomic mass is 35.5. The molecule has 0 amide bonds. The van der Waals surface area contributed by atoms with E-state index in [0.29, 0.717) is 5.75 Å². The van der Waals surface area contributed by atoms with E-state index in [9.17, 15) is 23.4 Å². The summed E-state index contributed by atoms with van der Waals surface area (Å²) < 4.78 is 45.8. The number of aromatic carboxylic acids is 1. The SMILES string of the molecule is COc1ccc(Cl)c(Oc2c(OCCO)cc(C(=O)O)cc2N(CC(C)C)S(=O)(=O)c2ccccc2)c1. The molecule has 0 saturated carbocycles. The lowest BCUT2D eigenvalue weighted by Crippen LogP contribution is -2.34. The molecule has 198 valence electrons. The number of rotatable bonds is 12. The van der Waals surface area contributed by atoms with E-state index in [0.717, 1.165) is 4.31 Å². The third-order valence-electron chi connectivity index (χ3n) is 5.11. The number of hydrogen-bond donors (Lipinski definition) is 2. The molecule has 0 aliphatic heterocycles. The molecule has 0 saturated heterocycles. The number of anilines is 1. The number of carboxylic acid groups (broad SMARTS) is 1. The number of ether oxygens (including phenoxy) is 3. The van der Waals surface area contributed by atoms with Crippen molar-refractivity contribution in [2.75, 3.05) is 31.2 Å². The Hall–Kier alpha value is -3.47. The Morgan fingerprint density at radius 1 is 1.05 bits per heavy atom. The van der Waals surface area contributed by atoms with Gasteiger partial charge in [0.1, 0.15) is 18.1 Å². The van der Waals surface area contributed by atoms with Crippen molar-refractivity contribution in [2.45, 2.75) is 18.7 Å². The quantitative estimate of drug-likeness (QED) is 0.321. The number of carboxylic acids is 1. The van der Waals surface area contributed by atoms with E-state index >= 15 is 0 Å². The van der Waals surface area contributed by atoms with E-state index in [1.54, 1.807) is 30.3 Å². The van der Waals surface area contributed by atoms with E-state index < -0.39 is 16.0 Å².